The number of hydrogen-bond acceptors (Lipinski definition) is 3. The van der Waals surface area contributed by atoms with Crippen LogP contribution in [0.3, 0.4) is 0 Å². The van der Waals surface area contributed by atoms with Gasteiger partial charge in [0.1, 0.15) is 5.54 Å². The minimum absolute atomic E-state index is 0.0958. The molecule has 1 saturated heterocycles. The number of nitrogens with one attached hydrogen (secondary N) is 2. The number of carbonyl (C=O) groups is 1. The van der Waals surface area contributed by atoms with Gasteiger partial charge in [0.25, 0.3) is 5.91 Å². The SMILES string of the molecule is CCN=C1NC(=O)C(C)(COC)N1. The molecule has 0 aliphatic carbocycles. The van der Waals surface area contributed by atoms with E-state index in [1.54, 1.807) is 14.0 Å². The van der Waals surface area contributed by atoms with Gasteiger partial charge in [-0.1, -0.05) is 0 Å². The minimum Gasteiger partial charge on any atom is -0.382 e. The first kappa shape index (κ1) is 9.98. The largest absolute Gasteiger partial charge is 0.382 e. The van der Waals surface area contributed by atoms with E-state index in [1.807, 2.05) is 6.92 Å². The number of guanidine groups is 1. The molecule has 1 fully saturated rings. The van der Waals surface area contributed by atoms with Crippen molar-refractivity contribution < 1.29 is 9.53 Å². The van der Waals surface area contributed by atoms with Crippen LogP contribution in [0.25, 0.3) is 0 Å². The summed E-state index contributed by atoms with van der Waals surface area (Å²) in [5.41, 5.74) is -0.678. The maximum Gasteiger partial charge on any atom is 0.254 e. The van der Waals surface area contributed by atoms with E-state index in [1.165, 1.54) is 0 Å². The number of ether oxygens (including phenoxy) is 1. The Morgan fingerprint density at radius 3 is 2.85 bits per heavy atom. The molecule has 1 rings (SSSR count). The lowest BCUT2D eigenvalue weighted by Crippen LogP contribution is -2.47. The van der Waals surface area contributed by atoms with Crippen LogP contribution in [-0.2, 0) is 9.53 Å². The summed E-state index contributed by atoms with van der Waals surface area (Å²) in [6.45, 7) is 4.67. The molecule has 74 valence electrons. The van der Waals surface area contributed by atoms with E-state index in [0.29, 0.717) is 19.1 Å². The first-order chi connectivity index (χ1) is 6.12. The lowest BCUT2D eigenvalue weighted by molar-refractivity contribution is -0.125. The van der Waals surface area contributed by atoms with Crippen LogP contribution in [0.1, 0.15) is 13.8 Å². The van der Waals surface area contributed by atoms with Gasteiger partial charge in [0.2, 0.25) is 0 Å². The molecule has 1 amide bonds. The Morgan fingerprint density at radius 2 is 2.31 bits per heavy atom. The highest BCUT2D eigenvalue weighted by atomic mass is 16.5. The monoisotopic (exact) mass is 185 g/mol. The van der Waals surface area contributed by atoms with E-state index in [2.05, 4.69) is 15.6 Å². The van der Waals surface area contributed by atoms with E-state index in [4.69, 9.17) is 4.74 Å². The predicted molar refractivity (Wildman–Crippen MR) is 49.5 cm³/mol. The molecule has 0 saturated carbocycles. The third-order valence-electron chi connectivity index (χ3n) is 1.88. The highest BCUT2D eigenvalue weighted by Gasteiger charge is 2.40. The van der Waals surface area contributed by atoms with Crippen molar-refractivity contribution in [2.75, 3.05) is 20.3 Å². The van der Waals surface area contributed by atoms with E-state index in [0.717, 1.165) is 0 Å². The van der Waals surface area contributed by atoms with Crippen LogP contribution in [0.2, 0.25) is 0 Å². The standard InChI is InChI=1S/C8H15N3O2/c1-4-9-7-10-6(12)8(2,11-7)5-13-3/h4-5H2,1-3H3,(H2,9,10,11,12). The molecule has 5 heteroatoms. The third kappa shape index (κ3) is 1.98. The number of nitrogens with zero attached hydrogens (tertiary/aromatic N) is 1. The van der Waals surface area contributed by atoms with Crippen molar-refractivity contribution in [3.05, 3.63) is 0 Å². The Kier molecular flexibility index (Phi) is 2.87. The molecule has 0 aromatic rings. The lowest BCUT2D eigenvalue weighted by Gasteiger charge is -2.19. The van der Waals surface area contributed by atoms with Crippen molar-refractivity contribution in [2.24, 2.45) is 4.99 Å². The van der Waals surface area contributed by atoms with Gasteiger partial charge in [-0.2, -0.15) is 0 Å². The van der Waals surface area contributed by atoms with Gasteiger partial charge in [-0.05, 0) is 13.8 Å². The van der Waals surface area contributed by atoms with Gasteiger partial charge in [-0.15, -0.1) is 0 Å². The summed E-state index contributed by atoms with van der Waals surface area (Å²) >= 11 is 0. The number of carbonyl (C=O) groups excluding carboxylic acids is 1. The van der Waals surface area contributed by atoms with Crippen LogP contribution in [0.4, 0.5) is 0 Å². The summed E-state index contributed by atoms with van der Waals surface area (Å²) in [4.78, 5) is 15.5. The van der Waals surface area contributed by atoms with Crippen molar-refractivity contribution in [1.82, 2.24) is 10.6 Å². The average molecular weight is 185 g/mol. The Hall–Kier alpha value is -1.10. The highest BCUT2D eigenvalue weighted by Crippen LogP contribution is 2.09. The van der Waals surface area contributed by atoms with Crippen molar-refractivity contribution >= 4 is 11.9 Å². The number of amides is 1. The second-order valence-electron chi connectivity index (χ2n) is 3.17. The van der Waals surface area contributed by atoms with Gasteiger partial charge in [0.05, 0.1) is 6.61 Å². The fourth-order valence-electron chi connectivity index (χ4n) is 1.22. The Balaban J connectivity index is 2.70. The molecule has 0 aromatic heterocycles. The quantitative estimate of drug-likeness (QED) is 0.622. The summed E-state index contributed by atoms with van der Waals surface area (Å²) < 4.78 is 4.95. The topological polar surface area (TPSA) is 62.7 Å². The zero-order valence-electron chi connectivity index (χ0n) is 8.18. The van der Waals surface area contributed by atoms with Crippen LogP contribution in [-0.4, -0.2) is 37.7 Å². The summed E-state index contributed by atoms with van der Waals surface area (Å²) in [7, 11) is 1.56. The molecule has 5 nitrogen and oxygen atoms in total. The first-order valence-corrected chi connectivity index (χ1v) is 4.25. The first-order valence-electron chi connectivity index (χ1n) is 4.25. The molecule has 1 aliphatic rings. The normalized spacial score (nSPS) is 30.4. The number of hydrogen-bond donors (Lipinski definition) is 2. The molecule has 0 spiro atoms. The summed E-state index contributed by atoms with van der Waals surface area (Å²) in [6, 6.07) is 0. The van der Waals surface area contributed by atoms with Gasteiger partial charge in [-0.3, -0.25) is 15.1 Å². The minimum atomic E-state index is -0.678. The van der Waals surface area contributed by atoms with Crippen LogP contribution in [0.5, 0.6) is 0 Å². The van der Waals surface area contributed by atoms with Gasteiger partial charge in [0.15, 0.2) is 5.96 Å². The molecule has 1 atom stereocenters. The van der Waals surface area contributed by atoms with E-state index >= 15 is 0 Å². The van der Waals surface area contributed by atoms with Crippen molar-refractivity contribution in [2.45, 2.75) is 19.4 Å². The summed E-state index contributed by atoms with van der Waals surface area (Å²) in [5.74, 6) is 0.439. The van der Waals surface area contributed by atoms with Crippen molar-refractivity contribution in [3.8, 4) is 0 Å². The zero-order valence-corrected chi connectivity index (χ0v) is 8.18. The van der Waals surface area contributed by atoms with Crippen LogP contribution < -0.4 is 10.6 Å². The molecule has 13 heavy (non-hydrogen) atoms. The van der Waals surface area contributed by atoms with Crippen LogP contribution >= 0.6 is 0 Å². The maximum absolute atomic E-state index is 11.4. The lowest BCUT2D eigenvalue weighted by atomic mass is 10.1. The van der Waals surface area contributed by atoms with E-state index < -0.39 is 5.54 Å². The second kappa shape index (κ2) is 3.74. The molecule has 0 aromatic carbocycles. The Labute approximate surface area is 77.6 Å². The fraction of sp³-hybridized carbons (Fsp3) is 0.750. The summed E-state index contributed by atoms with van der Waals surface area (Å²) in [5, 5.41) is 5.63. The molecule has 2 N–H and O–H groups in total. The summed E-state index contributed by atoms with van der Waals surface area (Å²) in [6.07, 6.45) is 0. The van der Waals surface area contributed by atoms with E-state index in [9.17, 15) is 4.79 Å². The van der Waals surface area contributed by atoms with Crippen LogP contribution in [0, 0.1) is 0 Å². The molecule has 1 aliphatic heterocycles. The second-order valence-corrected chi connectivity index (χ2v) is 3.17. The van der Waals surface area contributed by atoms with Crippen molar-refractivity contribution in [1.29, 1.82) is 0 Å². The molecular weight excluding hydrogens is 170 g/mol. The molecule has 0 radical (unpaired) electrons. The smallest absolute Gasteiger partial charge is 0.254 e. The molecular formula is C8H15N3O2. The molecule has 1 heterocycles. The number of aliphatic imine (C=N–C) groups is 1. The van der Waals surface area contributed by atoms with Gasteiger partial charge >= 0.3 is 0 Å². The molecule has 1 unspecified atom stereocenters. The fourth-order valence-corrected chi connectivity index (χ4v) is 1.22. The Bertz CT molecular complexity index is 240. The maximum atomic E-state index is 11.4. The predicted octanol–water partition coefficient (Wildman–Crippen LogP) is -0.513. The average Bonchev–Trinajstić information content (AvgIpc) is 2.29. The zero-order chi connectivity index (χ0) is 9.90. The van der Waals surface area contributed by atoms with Crippen LogP contribution in [0.15, 0.2) is 4.99 Å². The third-order valence-corrected chi connectivity index (χ3v) is 1.88. The number of methoxy groups -OCH3 is 1. The van der Waals surface area contributed by atoms with E-state index in [-0.39, 0.29) is 5.91 Å². The molecule has 0 bridgehead atoms. The number of rotatable bonds is 3. The highest BCUT2D eigenvalue weighted by molar-refractivity contribution is 6.08. The Morgan fingerprint density at radius 1 is 1.62 bits per heavy atom. The van der Waals surface area contributed by atoms with Crippen molar-refractivity contribution in [3.63, 3.8) is 0 Å². The van der Waals surface area contributed by atoms with Gasteiger partial charge in [0, 0.05) is 13.7 Å². The van der Waals surface area contributed by atoms with Gasteiger partial charge < -0.3 is 10.1 Å². The van der Waals surface area contributed by atoms with Gasteiger partial charge in [-0.25, -0.2) is 0 Å².